The van der Waals surface area contributed by atoms with E-state index in [9.17, 15) is 14.7 Å². The van der Waals surface area contributed by atoms with E-state index < -0.39 is 11.8 Å². The normalized spacial score (nSPS) is 11.3. The molecule has 26 heavy (non-hydrogen) atoms. The van der Waals surface area contributed by atoms with Gasteiger partial charge in [0.2, 0.25) is 0 Å². The molecule has 0 aromatic heterocycles. The number of esters is 1. The number of carbonyl (C=O) groups excluding carboxylic acids is 2. The maximum Gasteiger partial charge on any atom is 0.338 e. The molecule has 0 radical (unpaired) electrons. The molecule has 0 aliphatic rings. The first kappa shape index (κ1) is 19.7. The minimum absolute atomic E-state index is 0.0374. The molecule has 2 aromatic rings. The maximum absolute atomic E-state index is 12.6. The lowest BCUT2D eigenvalue weighted by Crippen LogP contribution is -2.10. The predicted octanol–water partition coefficient (Wildman–Crippen LogP) is 4.96. The van der Waals surface area contributed by atoms with Crippen LogP contribution in [0.3, 0.4) is 0 Å². The number of carbonyl (C=O) groups is 2. The van der Waals surface area contributed by atoms with Crippen molar-refractivity contribution in [3.05, 3.63) is 70.3 Å². The van der Waals surface area contributed by atoms with Crippen molar-refractivity contribution >= 4 is 28.9 Å². The van der Waals surface area contributed by atoms with E-state index in [1.54, 1.807) is 31.2 Å². The van der Waals surface area contributed by atoms with Gasteiger partial charge in [-0.2, -0.15) is 0 Å². The van der Waals surface area contributed by atoms with Gasteiger partial charge in [0.05, 0.1) is 17.7 Å². The number of aryl methyl sites for hydroxylation is 1. The van der Waals surface area contributed by atoms with Crippen LogP contribution in [-0.2, 0) is 9.53 Å². The first-order chi connectivity index (χ1) is 12.4. The van der Waals surface area contributed by atoms with Gasteiger partial charge in [-0.3, -0.25) is 4.79 Å². The van der Waals surface area contributed by atoms with Crippen molar-refractivity contribution in [3.8, 4) is 5.75 Å². The van der Waals surface area contributed by atoms with Crippen molar-refractivity contribution in [3.63, 3.8) is 0 Å². The highest BCUT2D eigenvalue weighted by atomic mass is 35.5. The summed E-state index contributed by atoms with van der Waals surface area (Å²) in [4.78, 5) is 25.1. The average molecular weight is 373 g/mol. The topological polar surface area (TPSA) is 63.6 Å². The van der Waals surface area contributed by atoms with Gasteiger partial charge in [0.25, 0.3) is 0 Å². The standard InChI is InChI=1S/C21H21ClO4/c1-3-4-10-26-21(25)16(15-8-6-5-7-9-15)13-20(24)17-12-18(22)14(2)11-19(17)23/h5-9,11-13,23H,3-4,10H2,1-2H3. The minimum Gasteiger partial charge on any atom is -0.507 e. The molecule has 0 aliphatic heterocycles. The molecule has 5 heteroatoms. The molecule has 0 fully saturated rings. The van der Waals surface area contributed by atoms with Crippen molar-refractivity contribution in [1.82, 2.24) is 0 Å². The molecule has 0 heterocycles. The van der Waals surface area contributed by atoms with Crippen LogP contribution in [0.4, 0.5) is 0 Å². The zero-order valence-electron chi connectivity index (χ0n) is 14.8. The van der Waals surface area contributed by atoms with E-state index in [2.05, 4.69) is 0 Å². The number of ether oxygens (including phenoxy) is 1. The first-order valence-corrected chi connectivity index (χ1v) is 8.79. The summed E-state index contributed by atoms with van der Waals surface area (Å²) in [7, 11) is 0. The van der Waals surface area contributed by atoms with Gasteiger partial charge in [-0.1, -0.05) is 55.3 Å². The molecule has 136 valence electrons. The number of hydrogen-bond acceptors (Lipinski definition) is 4. The Balaban J connectivity index is 2.39. The Morgan fingerprint density at radius 3 is 2.54 bits per heavy atom. The largest absolute Gasteiger partial charge is 0.507 e. The van der Waals surface area contributed by atoms with Gasteiger partial charge in [-0.15, -0.1) is 0 Å². The fourth-order valence-corrected chi connectivity index (χ4v) is 2.50. The smallest absolute Gasteiger partial charge is 0.338 e. The van der Waals surface area contributed by atoms with Crippen LogP contribution in [0.1, 0.15) is 41.3 Å². The van der Waals surface area contributed by atoms with Crippen molar-refractivity contribution < 1.29 is 19.4 Å². The number of phenols is 1. The van der Waals surface area contributed by atoms with E-state index in [0.717, 1.165) is 12.8 Å². The lowest BCUT2D eigenvalue weighted by molar-refractivity contribution is -0.136. The van der Waals surface area contributed by atoms with Gasteiger partial charge in [-0.05, 0) is 36.6 Å². The van der Waals surface area contributed by atoms with E-state index in [1.807, 2.05) is 13.0 Å². The Morgan fingerprint density at radius 1 is 1.19 bits per heavy atom. The highest BCUT2D eigenvalue weighted by Crippen LogP contribution is 2.27. The van der Waals surface area contributed by atoms with Crippen molar-refractivity contribution in [1.29, 1.82) is 0 Å². The van der Waals surface area contributed by atoms with Gasteiger partial charge in [0.1, 0.15) is 5.75 Å². The van der Waals surface area contributed by atoms with E-state index in [-0.39, 0.29) is 23.5 Å². The first-order valence-electron chi connectivity index (χ1n) is 8.41. The van der Waals surface area contributed by atoms with Crippen LogP contribution in [0, 0.1) is 6.92 Å². The second-order valence-electron chi connectivity index (χ2n) is 5.90. The fraction of sp³-hybridized carbons (Fsp3) is 0.238. The number of hydrogen-bond donors (Lipinski definition) is 1. The lowest BCUT2D eigenvalue weighted by Gasteiger charge is -2.09. The third kappa shape index (κ3) is 4.96. The Hall–Kier alpha value is -2.59. The Labute approximate surface area is 158 Å². The lowest BCUT2D eigenvalue weighted by atomic mass is 10.0. The molecule has 0 bridgehead atoms. The molecule has 0 saturated heterocycles. The summed E-state index contributed by atoms with van der Waals surface area (Å²) in [6, 6.07) is 11.6. The van der Waals surface area contributed by atoms with Gasteiger partial charge < -0.3 is 9.84 Å². The van der Waals surface area contributed by atoms with Crippen molar-refractivity contribution in [2.45, 2.75) is 26.7 Å². The highest BCUT2D eigenvalue weighted by Gasteiger charge is 2.18. The van der Waals surface area contributed by atoms with Crippen LogP contribution >= 0.6 is 11.6 Å². The molecule has 2 rings (SSSR count). The predicted molar refractivity (Wildman–Crippen MR) is 102 cm³/mol. The quantitative estimate of drug-likeness (QED) is 0.323. The van der Waals surface area contributed by atoms with E-state index in [4.69, 9.17) is 16.3 Å². The molecule has 0 spiro atoms. The Kier molecular flexibility index (Phi) is 6.98. The van der Waals surface area contributed by atoms with Gasteiger partial charge >= 0.3 is 5.97 Å². The van der Waals surface area contributed by atoms with E-state index in [1.165, 1.54) is 18.2 Å². The monoisotopic (exact) mass is 372 g/mol. The molecule has 4 nitrogen and oxygen atoms in total. The molecule has 1 N–H and O–H groups in total. The highest BCUT2D eigenvalue weighted by molar-refractivity contribution is 6.32. The van der Waals surface area contributed by atoms with Crippen LogP contribution in [0.5, 0.6) is 5.75 Å². The maximum atomic E-state index is 12.6. The summed E-state index contributed by atoms with van der Waals surface area (Å²) < 4.78 is 5.26. The summed E-state index contributed by atoms with van der Waals surface area (Å²) in [5.74, 6) is -1.27. The minimum atomic E-state index is -0.573. The third-order valence-corrected chi connectivity index (χ3v) is 4.26. The number of allylic oxidation sites excluding steroid dienone is 1. The molecular weight excluding hydrogens is 352 g/mol. The molecule has 0 aliphatic carbocycles. The molecule has 0 amide bonds. The van der Waals surface area contributed by atoms with Gasteiger partial charge in [0, 0.05) is 11.1 Å². The molecule has 0 saturated carbocycles. The molecule has 0 unspecified atom stereocenters. The SMILES string of the molecule is CCCCOC(=O)C(=CC(=O)c1cc(Cl)c(C)cc1O)c1ccccc1. The van der Waals surface area contributed by atoms with E-state index >= 15 is 0 Å². The summed E-state index contributed by atoms with van der Waals surface area (Å²) in [5.41, 5.74) is 1.41. The Morgan fingerprint density at radius 2 is 1.88 bits per heavy atom. The van der Waals surface area contributed by atoms with Crippen LogP contribution in [-0.4, -0.2) is 23.5 Å². The molecule has 0 atom stereocenters. The number of aromatic hydroxyl groups is 1. The van der Waals surface area contributed by atoms with Gasteiger partial charge in [0.15, 0.2) is 5.78 Å². The average Bonchev–Trinajstić information content (AvgIpc) is 2.63. The van der Waals surface area contributed by atoms with Gasteiger partial charge in [-0.25, -0.2) is 4.79 Å². The number of rotatable bonds is 7. The molecule has 2 aromatic carbocycles. The fourth-order valence-electron chi connectivity index (χ4n) is 2.34. The zero-order valence-corrected chi connectivity index (χ0v) is 15.5. The van der Waals surface area contributed by atoms with Crippen molar-refractivity contribution in [2.75, 3.05) is 6.61 Å². The number of unbranched alkanes of at least 4 members (excludes halogenated alkanes) is 1. The summed E-state index contributed by atoms with van der Waals surface area (Å²) >= 11 is 6.05. The molecular formula is C21H21ClO4. The number of benzene rings is 2. The van der Waals surface area contributed by atoms with E-state index in [0.29, 0.717) is 16.1 Å². The third-order valence-electron chi connectivity index (χ3n) is 3.85. The van der Waals surface area contributed by atoms with Crippen molar-refractivity contribution in [2.24, 2.45) is 0 Å². The van der Waals surface area contributed by atoms with Crippen LogP contribution in [0.2, 0.25) is 5.02 Å². The summed E-state index contributed by atoms with van der Waals surface area (Å²) in [6.07, 6.45) is 2.83. The second kappa shape index (κ2) is 9.20. The number of ketones is 1. The van der Waals surface area contributed by atoms with Crippen LogP contribution < -0.4 is 0 Å². The summed E-state index contributed by atoms with van der Waals surface area (Å²) in [6.45, 7) is 4.01. The number of phenolic OH excluding ortho intramolecular Hbond substituents is 1. The van der Waals surface area contributed by atoms with Crippen LogP contribution in [0.25, 0.3) is 5.57 Å². The summed E-state index contributed by atoms with van der Waals surface area (Å²) in [5, 5.41) is 10.4. The zero-order chi connectivity index (χ0) is 19.1. The second-order valence-corrected chi connectivity index (χ2v) is 6.30. The number of halogens is 1. The Bertz CT molecular complexity index is 825. The van der Waals surface area contributed by atoms with Crippen LogP contribution in [0.15, 0.2) is 48.5 Å².